The Morgan fingerprint density at radius 3 is 2.57 bits per heavy atom. The van der Waals surface area contributed by atoms with Crippen LogP contribution in [0.3, 0.4) is 0 Å². The molecule has 7 nitrogen and oxygen atoms in total. The van der Waals surface area contributed by atoms with Crippen LogP contribution >= 0.6 is 0 Å². The van der Waals surface area contributed by atoms with E-state index in [0.29, 0.717) is 23.6 Å². The first-order valence-corrected chi connectivity index (χ1v) is 10.9. The average Bonchev–Trinajstić information content (AvgIpc) is 3.38. The van der Waals surface area contributed by atoms with Crippen LogP contribution in [-0.2, 0) is 14.8 Å². The Bertz CT molecular complexity index is 1200. The molecule has 8 heteroatoms. The van der Waals surface area contributed by atoms with E-state index in [4.69, 9.17) is 4.42 Å². The first-order chi connectivity index (χ1) is 14.3. The molecule has 4 rings (SSSR count). The summed E-state index contributed by atoms with van der Waals surface area (Å²) in [6.45, 7) is 3.32. The van der Waals surface area contributed by atoms with E-state index in [-0.39, 0.29) is 10.8 Å². The molecule has 154 valence electrons. The predicted molar refractivity (Wildman–Crippen MR) is 114 cm³/mol. The largest absolute Gasteiger partial charge is 0.463 e. The number of sulfonamides is 1. The highest BCUT2D eigenvalue weighted by molar-refractivity contribution is 7.89. The van der Waals surface area contributed by atoms with Crippen LogP contribution in [0.5, 0.6) is 0 Å². The van der Waals surface area contributed by atoms with Crippen LogP contribution in [0.2, 0.25) is 0 Å². The standard InChI is InChI=1S/C22H21N3O4S/c1-15-8-10-19(11-9-15)30(27,28)25-21(14-20(24-25)22-7-4-12-29-22)17-5-3-6-18(13-17)23-16(2)26/h3-13,21H,14H2,1-2H3,(H,23,26)/t21-/m1/s1. The van der Waals surface area contributed by atoms with Crippen LogP contribution in [-0.4, -0.2) is 24.5 Å². The monoisotopic (exact) mass is 423 g/mol. The minimum atomic E-state index is -3.90. The summed E-state index contributed by atoms with van der Waals surface area (Å²) in [5.41, 5.74) is 2.83. The molecule has 2 heterocycles. The molecule has 0 saturated heterocycles. The van der Waals surface area contributed by atoms with Crippen LogP contribution in [0.1, 0.15) is 36.3 Å². The lowest BCUT2D eigenvalue weighted by Gasteiger charge is -2.24. The summed E-state index contributed by atoms with van der Waals surface area (Å²) in [7, 11) is -3.90. The molecule has 3 aromatic rings. The number of hydrogen-bond donors (Lipinski definition) is 1. The molecule has 2 aromatic carbocycles. The number of carbonyl (C=O) groups is 1. The van der Waals surface area contributed by atoms with E-state index >= 15 is 0 Å². The average molecular weight is 423 g/mol. The van der Waals surface area contributed by atoms with Crippen molar-refractivity contribution in [1.29, 1.82) is 0 Å². The number of aryl methyl sites for hydroxylation is 1. The van der Waals surface area contributed by atoms with E-state index in [1.807, 2.05) is 13.0 Å². The molecule has 0 bridgehead atoms. The zero-order valence-electron chi connectivity index (χ0n) is 16.6. The lowest BCUT2D eigenvalue weighted by molar-refractivity contribution is -0.114. The lowest BCUT2D eigenvalue weighted by atomic mass is 10.0. The van der Waals surface area contributed by atoms with Crippen molar-refractivity contribution in [1.82, 2.24) is 4.41 Å². The Balaban J connectivity index is 1.77. The first kappa shape index (κ1) is 19.9. The number of nitrogens with zero attached hydrogens (tertiary/aromatic N) is 2. The predicted octanol–water partition coefficient (Wildman–Crippen LogP) is 4.09. The Morgan fingerprint density at radius 1 is 1.13 bits per heavy atom. The van der Waals surface area contributed by atoms with Crippen molar-refractivity contribution in [3.05, 3.63) is 83.8 Å². The number of nitrogens with one attached hydrogen (secondary N) is 1. The summed E-state index contributed by atoms with van der Waals surface area (Å²) >= 11 is 0. The SMILES string of the molecule is CC(=O)Nc1cccc([C@H]2CC(c3ccco3)=NN2S(=O)(=O)c2ccc(C)cc2)c1. The second-order valence-electron chi connectivity index (χ2n) is 7.14. The summed E-state index contributed by atoms with van der Waals surface area (Å²) in [5, 5.41) is 7.17. The minimum absolute atomic E-state index is 0.167. The van der Waals surface area contributed by atoms with Crippen molar-refractivity contribution in [2.45, 2.75) is 31.2 Å². The molecule has 1 N–H and O–H groups in total. The quantitative estimate of drug-likeness (QED) is 0.669. The smallest absolute Gasteiger partial charge is 0.279 e. The highest BCUT2D eigenvalue weighted by Gasteiger charge is 2.38. The van der Waals surface area contributed by atoms with Gasteiger partial charge in [-0.2, -0.15) is 17.9 Å². The van der Waals surface area contributed by atoms with Gasteiger partial charge >= 0.3 is 0 Å². The highest BCUT2D eigenvalue weighted by Crippen LogP contribution is 2.38. The van der Waals surface area contributed by atoms with E-state index in [9.17, 15) is 13.2 Å². The van der Waals surface area contributed by atoms with Gasteiger partial charge in [-0.3, -0.25) is 4.79 Å². The van der Waals surface area contributed by atoms with Gasteiger partial charge in [0.1, 0.15) is 11.5 Å². The number of rotatable bonds is 5. The fraction of sp³-hybridized carbons (Fsp3) is 0.182. The molecule has 0 radical (unpaired) electrons. The summed E-state index contributed by atoms with van der Waals surface area (Å²) in [5.74, 6) is 0.329. The number of hydrazone groups is 1. The van der Waals surface area contributed by atoms with Crippen molar-refractivity contribution >= 4 is 27.3 Å². The van der Waals surface area contributed by atoms with Gasteiger partial charge in [0.05, 0.1) is 17.2 Å². The lowest BCUT2D eigenvalue weighted by Crippen LogP contribution is -2.27. The fourth-order valence-corrected chi connectivity index (χ4v) is 4.83. The number of carbonyl (C=O) groups excluding carboxylic acids is 1. The molecule has 0 fully saturated rings. The molecule has 0 unspecified atom stereocenters. The van der Waals surface area contributed by atoms with Crippen LogP contribution in [0.4, 0.5) is 5.69 Å². The van der Waals surface area contributed by atoms with Gasteiger partial charge in [0.25, 0.3) is 10.0 Å². The molecule has 30 heavy (non-hydrogen) atoms. The van der Waals surface area contributed by atoms with Gasteiger partial charge < -0.3 is 9.73 Å². The van der Waals surface area contributed by atoms with E-state index in [0.717, 1.165) is 15.5 Å². The molecular weight excluding hydrogens is 402 g/mol. The van der Waals surface area contributed by atoms with Crippen molar-refractivity contribution in [2.75, 3.05) is 5.32 Å². The van der Waals surface area contributed by atoms with Crippen LogP contribution in [0.15, 0.2) is 81.3 Å². The van der Waals surface area contributed by atoms with E-state index < -0.39 is 16.1 Å². The van der Waals surface area contributed by atoms with Gasteiger partial charge in [-0.1, -0.05) is 29.8 Å². The van der Waals surface area contributed by atoms with Crippen molar-refractivity contribution in [3.8, 4) is 0 Å². The summed E-state index contributed by atoms with van der Waals surface area (Å²) in [4.78, 5) is 11.6. The maximum absolute atomic E-state index is 13.4. The van der Waals surface area contributed by atoms with E-state index in [1.54, 1.807) is 54.6 Å². The zero-order chi connectivity index (χ0) is 21.3. The molecule has 0 spiro atoms. The van der Waals surface area contributed by atoms with Crippen molar-refractivity contribution in [2.24, 2.45) is 5.10 Å². The molecular formula is C22H21N3O4S. The molecule has 0 saturated carbocycles. The topological polar surface area (TPSA) is 92.0 Å². The third-order valence-electron chi connectivity index (χ3n) is 4.84. The number of benzene rings is 2. The summed E-state index contributed by atoms with van der Waals surface area (Å²) in [6.07, 6.45) is 1.88. The summed E-state index contributed by atoms with van der Waals surface area (Å²) in [6, 6.07) is 16.7. The number of hydrogen-bond acceptors (Lipinski definition) is 5. The van der Waals surface area contributed by atoms with Crippen LogP contribution in [0, 0.1) is 6.92 Å². The molecule has 1 atom stereocenters. The van der Waals surface area contributed by atoms with Crippen LogP contribution in [0.25, 0.3) is 0 Å². The molecule has 1 aliphatic rings. The second-order valence-corrected chi connectivity index (χ2v) is 8.94. The van der Waals surface area contributed by atoms with Gasteiger partial charge in [0.15, 0.2) is 0 Å². The third-order valence-corrected chi connectivity index (χ3v) is 6.53. The molecule has 1 aliphatic heterocycles. The van der Waals surface area contributed by atoms with Crippen molar-refractivity contribution in [3.63, 3.8) is 0 Å². The van der Waals surface area contributed by atoms with Gasteiger partial charge in [-0.25, -0.2) is 0 Å². The maximum Gasteiger partial charge on any atom is 0.279 e. The van der Waals surface area contributed by atoms with Crippen LogP contribution < -0.4 is 5.32 Å². The highest BCUT2D eigenvalue weighted by atomic mass is 32.2. The fourth-order valence-electron chi connectivity index (χ4n) is 3.40. The molecule has 0 aliphatic carbocycles. The Kier molecular flexibility index (Phi) is 5.17. The number of furan rings is 1. The van der Waals surface area contributed by atoms with Crippen molar-refractivity contribution < 1.29 is 17.6 Å². The molecule has 1 aromatic heterocycles. The zero-order valence-corrected chi connectivity index (χ0v) is 17.4. The molecule has 1 amide bonds. The minimum Gasteiger partial charge on any atom is -0.463 e. The number of amides is 1. The Labute approximate surface area is 175 Å². The normalized spacial score (nSPS) is 16.4. The third kappa shape index (κ3) is 3.86. The van der Waals surface area contributed by atoms with Gasteiger partial charge in [-0.15, -0.1) is 0 Å². The van der Waals surface area contributed by atoms with Gasteiger partial charge in [0, 0.05) is 19.0 Å². The Morgan fingerprint density at radius 2 is 1.90 bits per heavy atom. The van der Waals surface area contributed by atoms with Gasteiger partial charge in [-0.05, 0) is 48.9 Å². The first-order valence-electron chi connectivity index (χ1n) is 9.44. The summed E-state index contributed by atoms with van der Waals surface area (Å²) < 4.78 is 33.4. The van der Waals surface area contributed by atoms with E-state index in [2.05, 4.69) is 10.4 Å². The van der Waals surface area contributed by atoms with Gasteiger partial charge in [0.2, 0.25) is 5.91 Å². The second kappa shape index (κ2) is 7.79. The maximum atomic E-state index is 13.4. The van der Waals surface area contributed by atoms with E-state index in [1.165, 1.54) is 13.2 Å². The Hall–Kier alpha value is -3.39. The number of anilines is 1.